The molecule has 0 amide bonds. The Bertz CT molecular complexity index is 1340. The van der Waals surface area contributed by atoms with Crippen molar-refractivity contribution in [3.05, 3.63) is 182 Å². The molecule has 0 unspecified atom stereocenters. The Balaban J connectivity index is 0.00000118. The van der Waals surface area contributed by atoms with Gasteiger partial charge in [-0.2, -0.15) is 0 Å². The minimum atomic E-state index is -2.77. The number of hydrogen-bond donors (Lipinski definition) is 0. The van der Waals surface area contributed by atoms with Gasteiger partial charge in [-0.15, -0.1) is 23.2 Å². The van der Waals surface area contributed by atoms with Gasteiger partial charge in [0.25, 0.3) is 0 Å². The van der Waals surface area contributed by atoms with Crippen LogP contribution in [0.15, 0.2) is 182 Å². The molecule has 223 valence electrons. The van der Waals surface area contributed by atoms with Crippen LogP contribution in [-0.4, -0.2) is 5.34 Å². The van der Waals surface area contributed by atoms with E-state index >= 15 is 0 Å². The van der Waals surface area contributed by atoms with E-state index in [1.54, 1.807) is 0 Å². The molecule has 6 heteroatoms. The number of alkyl halides is 2. The second-order valence-corrected chi connectivity index (χ2v) is 33.8. The van der Waals surface area contributed by atoms with Crippen molar-refractivity contribution in [1.82, 2.24) is 0 Å². The Morgan fingerprint density at radius 3 is 0.605 bits per heavy atom. The van der Waals surface area contributed by atoms with Crippen LogP contribution in [0.4, 0.5) is 0 Å². The molecule has 0 saturated heterocycles. The van der Waals surface area contributed by atoms with Gasteiger partial charge in [0, 0.05) is 0 Å². The first-order valence-corrected chi connectivity index (χ1v) is 25.3. The van der Waals surface area contributed by atoms with Gasteiger partial charge in [0.1, 0.15) is 0 Å². The minimum absolute atomic E-state index is 0.194. The van der Waals surface area contributed by atoms with Crippen LogP contribution in [0.25, 0.3) is 0 Å². The van der Waals surface area contributed by atoms with Crippen molar-refractivity contribution in [3.63, 3.8) is 0 Å². The van der Waals surface area contributed by atoms with Crippen LogP contribution >= 0.6 is 43.6 Å². The molecular weight excluding hydrogens is 719 g/mol. The van der Waals surface area contributed by atoms with Crippen LogP contribution in [0, 0.1) is 0 Å². The molecule has 0 nitrogen and oxygen atoms in total. The first-order chi connectivity index (χ1) is 21.2. The van der Waals surface area contributed by atoms with E-state index in [0.29, 0.717) is 0 Å². The van der Waals surface area contributed by atoms with Gasteiger partial charge in [0.2, 0.25) is 0 Å². The molecule has 0 spiro atoms. The van der Waals surface area contributed by atoms with Crippen molar-refractivity contribution < 1.29 is 14.7 Å². The summed E-state index contributed by atoms with van der Waals surface area (Å²) >= 11 is 7.55. The van der Waals surface area contributed by atoms with E-state index in [-0.39, 0.29) is 5.34 Å². The van der Waals surface area contributed by atoms with Gasteiger partial charge >= 0.3 is 249 Å². The summed E-state index contributed by atoms with van der Waals surface area (Å²) in [5.41, 5.74) is -5.53. The maximum atomic E-state index is 8.57. The molecule has 43 heavy (non-hydrogen) atoms. The standard InChI is InChI=1S/2C18H15P.CH2Cl2.ClH.Pd/c2*1-4-10-16(11-5-1)19(17-12-6-2-7-13-17)18-14-8-3-9-15-18;2-1-3;;/h2*1-15H;1H2;1H;/q;;;;-1/p+1. The summed E-state index contributed by atoms with van der Waals surface area (Å²) in [6.07, 6.45) is 0. The topological polar surface area (TPSA) is 0 Å². The second-order valence-electron chi connectivity index (χ2n) is 9.72. The number of halogens is 3. The molecule has 0 heterocycles. The Morgan fingerprint density at radius 1 is 0.326 bits per heavy atom. The summed E-state index contributed by atoms with van der Waals surface area (Å²) in [7, 11) is 8.57. The molecule has 0 bridgehead atoms. The predicted molar refractivity (Wildman–Crippen MR) is 196 cm³/mol. The summed E-state index contributed by atoms with van der Waals surface area (Å²) < 4.78 is 0. The van der Waals surface area contributed by atoms with Crippen LogP contribution in [0.3, 0.4) is 0 Å². The summed E-state index contributed by atoms with van der Waals surface area (Å²) in [4.78, 5) is 0. The average Bonchev–Trinajstić information content (AvgIpc) is 3.09. The fourth-order valence-corrected chi connectivity index (χ4v) is 50.5. The van der Waals surface area contributed by atoms with Gasteiger partial charge in [-0.25, -0.2) is 0 Å². The molecule has 0 aliphatic heterocycles. The van der Waals surface area contributed by atoms with E-state index in [1.807, 2.05) is 0 Å². The summed E-state index contributed by atoms with van der Waals surface area (Å²) in [5.74, 6) is 0. The average molecular weight is 753 g/mol. The van der Waals surface area contributed by atoms with Crippen molar-refractivity contribution in [2.75, 3.05) is 5.34 Å². The molecule has 0 atom stereocenters. The van der Waals surface area contributed by atoms with Crippen molar-refractivity contribution in [3.8, 4) is 0 Å². The quantitative estimate of drug-likeness (QED) is 0.0832. The SMILES string of the molecule is ClCCl.[Cl][Pd]([PH](c1ccccc1)(c1ccccc1)c1ccccc1)[PH](c1ccccc1)(c1ccccc1)c1ccccc1. The second kappa shape index (κ2) is 15.6. The predicted octanol–water partition coefficient (Wildman–Crippen LogP) is 8.46. The fraction of sp³-hybridized carbons (Fsp3) is 0.0270. The Labute approximate surface area is 275 Å². The number of hydrogen-bond acceptors (Lipinski definition) is 0. The molecule has 0 aromatic heterocycles. The Kier molecular flexibility index (Phi) is 11.7. The monoisotopic (exact) mass is 751 g/mol. The van der Waals surface area contributed by atoms with Gasteiger partial charge in [0.15, 0.2) is 0 Å². The summed E-state index contributed by atoms with van der Waals surface area (Å²) in [5, 5.41) is 8.46. The van der Waals surface area contributed by atoms with Crippen LogP contribution in [0.2, 0.25) is 0 Å². The van der Waals surface area contributed by atoms with Crippen molar-refractivity contribution in [2.24, 2.45) is 0 Å². The van der Waals surface area contributed by atoms with Gasteiger partial charge in [0.05, 0.1) is 5.34 Å². The van der Waals surface area contributed by atoms with Crippen molar-refractivity contribution in [2.45, 2.75) is 0 Å². The fourth-order valence-electron chi connectivity index (χ4n) is 5.60. The molecule has 6 aromatic rings. The zero-order valence-corrected chi connectivity index (χ0v) is 29.3. The van der Waals surface area contributed by atoms with Crippen LogP contribution < -0.4 is 31.8 Å². The van der Waals surface area contributed by atoms with Crippen LogP contribution in [-0.2, 0) is 14.7 Å². The molecule has 0 radical (unpaired) electrons. The van der Waals surface area contributed by atoms with E-state index in [1.165, 1.54) is 31.8 Å². The van der Waals surface area contributed by atoms with Gasteiger partial charge < -0.3 is 0 Å². The van der Waals surface area contributed by atoms with Gasteiger partial charge in [-0.3, -0.25) is 0 Å². The Hall–Kier alpha value is -2.29. The molecule has 6 rings (SSSR count). The molecule has 0 N–H and O–H groups in total. The van der Waals surface area contributed by atoms with E-state index in [2.05, 4.69) is 182 Å². The number of benzene rings is 6. The zero-order chi connectivity index (χ0) is 30.0. The zero-order valence-electron chi connectivity index (χ0n) is 23.5. The van der Waals surface area contributed by atoms with E-state index < -0.39 is 25.6 Å². The van der Waals surface area contributed by atoms with Crippen molar-refractivity contribution in [1.29, 1.82) is 0 Å². The van der Waals surface area contributed by atoms with Crippen molar-refractivity contribution >= 4 is 75.5 Å². The molecular formula is C37H34Cl3P2Pd. The third kappa shape index (κ3) is 6.43. The maximum absolute atomic E-state index is 8.57. The molecule has 0 aliphatic rings. The summed E-state index contributed by atoms with van der Waals surface area (Å²) in [6.45, 7) is 0. The molecule has 6 aromatic carbocycles. The third-order valence-corrected chi connectivity index (χ3v) is 43.7. The van der Waals surface area contributed by atoms with E-state index in [0.717, 1.165) is 0 Å². The van der Waals surface area contributed by atoms with Crippen LogP contribution in [0.1, 0.15) is 0 Å². The number of rotatable bonds is 8. The Morgan fingerprint density at radius 2 is 0.465 bits per heavy atom. The normalized spacial score (nSPS) is 12.4. The van der Waals surface area contributed by atoms with E-state index in [9.17, 15) is 0 Å². The van der Waals surface area contributed by atoms with Gasteiger partial charge in [-0.1, -0.05) is 0 Å². The third-order valence-electron chi connectivity index (χ3n) is 7.34. The van der Waals surface area contributed by atoms with E-state index in [4.69, 9.17) is 32.7 Å². The first-order valence-electron chi connectivity index (χ1n) is 13.9. The molecule has 0 saturated carbocycles. The molecule has 0 aliphatic carbocycles. The van der Waals surface area contributed by atoms with Gasteiger partial charge in [-0.05, 0) is 0 Å². The molecule has 0 fully saturated rings. The van der Waals surface area contributed by atoms with Crippen LogP contribution in [0.5, 0.6) is 0 Å². The first kappa shape index (κ1) is 32.1. The summed E-state index contributed by atoms with van der Waals surface area (Å²) in [6, 6.07) is 67.0.